The third-order valence-electron chi connectivity index (χ3n) is 3.33. The van der Waals surface area contributed by atoms with E-state index in [9.17, 15) is 9.59 Å². The molecule has 0 aliphatic heterocycles. The number of aromatic nitrogens is 2. The number of hydrogen-bond acceptors (Lipinski definition) is 7. The van der Waals surface area contributed by atoms with Crippen LogP contribution in [0.25, 0.3) is 5.69 Å². The summed E-state index contributed by atoms with van der Waals surface area (Å²) in [5, 5.41) is 7.16. The summed E-state index contributed by atoms with van der Waals surface area (Å²) in [6.07, 6.45) is 3.94. The van der Waals surface area contributed by atoms with Gasteiger partial charge in [0.25, 0.3) is 5.91 Å². The van der Waals surface area contributed by atoms with Gasteiger partial charge in [-0.2, -0.15) is 0 Å². The molecule has 1 aromatic carbocycles. The lowest BCUT2D eigenvalue weighted by Gasteiger charge is -2.06. The topological polar surface area (TPSA) is 73.2 Å². The number of benzene rings is 1. The van der Waals surface area contributed by atoms with E-state index in [-0.39, 0.29) is 18.6 Å². The monoisotopic (exact) mass is 381 g/mol. The number of nitrogens with zero attached hydrogens (tertiary/aromatic N) is 2. The average Bonchev–Trinajstić information content (AvgIpc) is 3.32. The lowest BCUT2D eigenvalue weighted by atomic mass is 10.2. The smallest absolute Gasteiger partial charge is 0.338 e. The van der Waals surface area contributed by atoms with Crippen molar-refractivity contribution in [2.45, 2.75) is 23.2 Å². The third-order valence-corrected chi connectivity index (χ3v) is 5.54. The van der Waals surface area contributed by atoms with Crippen LogP contribution in [-0.2, 0) is 9.53 Å². The van der Waals surface area contributed by atoms with Crippen molar-refractivity contribution in [2.75, 3.05) is 12.9 Å². The first-order chi connectivity index (χ1) is 11.6. The molecule has 0 bridgehead atoms. The molecule has 1 aliphatic rings. The first kappa shape index (κ1) is 17.1. The van der Waals surface area contributed by atoms with Crippen molar-refractivity contribution >= 4 is 47.2 Å². The maximum absolute atomic E-state index is 12.0. The highest BCUT2D eigenvalue weighted by molar-refractivity contribution is 8.00. The minimum Gasteiger partial charge on any atom is -0.452 e. The Kier molecular flexibility index (Phi) is 5.32. The summed E-state index contributed by atoms with van der Waals surface area (Å²) in [6.45, 7) is -0.259. The van der Waals surface area contributed by atoms with Crippen LogP contribution in [0.15, 0.2) is 28.6 Å². The molecule has 1 aliphatic carbocycles. The van der Waals surface area contributed by atoms with Gasteiger partial charge in [0.2, 0.25) is 0 Å². The van der Waals surface area contributed by atoms with E-state index in [1.165, 1.54) is 23.1 Å². The summed E-state index contributed by atoms with van der Waals surface area (Å²) in [5.74, 6) is -0.792. The highest BCUT2D eigenvalue weighted by Crippen LogP contribution is 2.22. The fourth-order valence-corrected chi connectivity index (χ4v) is 3.74. The van der Waals surface area contributed by atoms with E-state index < -0.39 is 5.97 Å². The number of carbonyl (C=O) groups is 2. The van der Waals surface area contributed by atoms with Gasteiger partial charge >= 0.3 is 5.97 Å². The zero-order valence-electron chi connectivity index (χ0n) is 12.9. The molecular weight excluding hydrogens is 366 g/mol. The van der Waals surface area contributed by atoms with Gasteiger partial charge < -0.3 is 10.1 Å². The van der Waals surface area contributed by atoms with Crippen LogP contribution in [0, 0.1) is 3.95 Å². The Morgan fingerprint density at radius 1 is 1.42 bits per heavy atom. The number of amides is 1. The zero-order chi connectivity index (χ0) is 17.1. The maximum Gasteiger partial charge on any atom is 0.338 e. The maximum atomic E-state index is 12.0. The van der Waals surface area contributed by atoms with E-state index in [1.54, 1.807) is 28.9 Å². The Balaban J connectivity index is 1.62. The molecule has 1 N–H and O–H groups in total. The summed E-state index contributed by atoms with van der Waals surface area (Å²) >= 11 is 8.25. The van der Waals surface area contributed by atoms with Crippen molar-refractivity contribution < 1.29 is 14.3 Å². The van der Waals surface area contributed by atoms with Crippen molar-refractivity contribution in [3.05, 3.63) is 33.8 Å². The van der Waals surface area contributed by atoms with E-state index >= 15 is 0 Å². The van der Waals surface area contributed by atoms with Gasteiger partial charge in [0, 0.05) is 6.04 Å². The van der Waals surface area contributed by atoms with Crippen molar-refractivity contribution in [3.63, 3.8) is 0 Å². The van der Waals surface area contributed by atoms with Crippen LogP contribution in [0.4, 0.5) is 0 Å². The Bertz CT molecular complexity index is 809. The number of ether oxygens (including phenoxy) is 1. The van der Waals surface area contributed by atoms with Crippen LogP contribution in [0.2, 0.25) is 0 Å². The molecular formula is C15H15N3O3S3. The molecule has 126 valence electrons. The summed E-state index contributed by atoms with van der Waals surface area (Å²) < 4.78 is 8.20. The molecule has 3 rings (SSSR count). The van der Waals surface area contributed by atoms with E-state index in [0.29, 0.717) is 9.52 Å². The predicted octanol–water partition coefficient (Wildman–Crippen LogP) is 2.82. The predicted molar refractivity (Wildman–Crippen MR) is 95.5 cm³/mol. The largest absolute Gasteiger partial charge is 0.452 e. The van der Waals surface area contributed by atoms with Gasteiger partial charge in [-0.1, -0.05) is 23.1 Å². The van der Waals surface area contributed by atoms with Crippen molar-refractivity contribution in [3.8, 4) is 5.69 Å². The van der Waals surface area contributed by atoms with Gasteiger partial charge in [-0.15, -0.1) is 5.10 Å². The molecule has 6 nitrogen and oxygen atoms in total. The van der Waals surface area contributed by atoms with Crippen LogP contribution in [0.5, 0.6) is 0 Å². The van der Waals surface area contributed by atoms with Gasteiger partial charge in [-0.25, -0.2) is 9.48 Å². The Labute approximate surface area is 152 Å². The van der Waals surface area contributed by atoms with E-state index in [1.807, 2.05) is 6.26 Å². The molecule has 1 fully saturated rings. The van der Waals surface area contributed by atoms with Crippen molar-refractivity contribution in [1.29, 1.82) is 0 Å². The third kappa shape index (κ3) is 4.22. The number of esters is 1. The van der Waals surface area contributed by atoms with Gasteiger partial charge in [0.1, 0.15) is 0 Å². The lowest BCUT2D eigenvalue weighted by molar-refractivity contribution is -0.124. The number of nitrogens with one attached hydrogen (secondary N) is 1. The first-order valence-electron chi connectivity index (χ1n) is 7.28. The van der Waals surface area contributed by atoms with Crippen LogP contribution in [0.1, 0.15) is 23.2 Å². The van der Waals surface area contributed by atoms with Gasteiger partial charge in [0.15, 0.2) is 14.9 Å². The summed E-state index contributed by atoms with van der Waals surface area (Å²) in [7, 11) is 0. The van der Waals surface area contributed by atoms with Crippen LogP contribution in [-0.4, -0.2) is 40.6 Å². The highest BCUT2D eigenvalue weighted by Gasteiger charge is 2.23. The quantitative estimate of drug-likeness (QED) is 0.471. The van der Waals surface area contributed by atoms with E-state index in [2.05, 4.69) is 10.4 Å². The molecule has 1 aromatic heterocycles. The fraction of sp³-hybridized carbons (Fsp3) is 0.333. The molecule has 0 spiro atoms. The second kappa shape index (κ2) is 7.45. The summed E-state index contributed by atoms with van der Waals surface area (Å²) in [6, 6.07) is 7.03. The van der Waals surface area contributed by atoms with E-state index in [0.717, 1.165) is 22.9 Å². The van der Waals surface area contributed by atoms with Gasteiger partial charge in [-0.3, -0.25) is 4.79 Å². The molecule has 0 atom stereocenters. The van der Waals surface area contributed by atoms with E-state index in [4.69, 9.17) is 17.0 Å². The van der Waals surface area contributed by atoms with Gasteiger partial charge in [0.05, 0.1) is 11.3 Å². The van der Waals surface area contributed by atoms with Gasteiger partial charge in [-0.05, 0) is 55.6 Å². The fourth-order valence-electron chi connectivity index (χ4n) is 1.96. The molecule has 1 amide bonds. The molecule has 1 heterocycles. The number of thioether (sulfide) groups is 1. The summed E-state index contributed by atoms with van der Waals surface area (Å²) in [4.78, 5) is 23.5. The van der Waals surface area contributed by atoms with Crippen LogP contribution < -0.4 is 5.32 Å². The molecule has 2 aromatic rings. The number of carbonyl (C=O) groups excluding carboxylic acids is 2. The molecule has 24 heavy (non-hydrogen) atoms. The minimum absolute atomic E-state index is 0.254. The molecule has 9 heteroatoms. The molecule has 0 unspecified atom stereocenters. The number of rotatable bonds is 6. The Morgan fingerprint density at radius 2 is 2.12 bits per heavy atom. The SMILES string of the molecule is CSc1nn(-c2ccc(C(=O)OCC(=O)NC3CC3)cc2)c(=S)s1. The van der Waals surface area contributed by atoms with Crippen LogP contribution in [0.3, 0.4) is 0 Å². The van der Waals surface area contributed by atoms with Crippen molar-refractivity contribution in [2.24, 2.45) is 0 Å². The summed E-state index contributed by atoms with van der Waals surface area (Å²) in [5.41, 5.74) is 1.16. The second-order valence-electron chi connectivity index (χ2n) is 5.21. The zero-order valence-corrected chi connectivity index (χ0v) is 15.3. The first-order valence-corrected chi connectivity index (χ1v) is 9.73. The second-order valence-corrected chi connectivity index (χ2v) is 7.89. The van der Waals surface area contributed by atoms with Crippen LogP contribution >= 0.6 is 35.3 Å². The number of hydrogen-bond donors (Lipinski definition) is 1. The average molecular weight is 382 g/mol. The molecule has 0 saturated heterocycles. The Morgan fingerprint density at radius 3 is 2.71 bits per heavy atom. The molecule has 1 saturated carbocycles. The minimum atomic E-state index is -0.529. The Hall–Kier alpha value is -1.71. The standard InChI is InChI=1S/C15H15N3O3S3/c1-23-14-17-18(15(22)24-14)11-6-2-9(3-7-11)13(20)21-8-12(19)16-10-4-5-10/h2-3,6-7,10H,4-5,8H2,1H3,(H,16,19). The van der Waals surface area contributed by atoms with Crippen molar-refractivity contribution in [1.82, 2.24) is 15.1 Å². The highest BCUT2D eigenvalue weighted by atomic mass is 32.2. The normalized spacial score (nSPS) is 13.5. The molecule has 0 radical (unpaired) electrons. The lowest BCUT2D eigenvalue weighted by Crippen LogP contribution is -2.30.